The first-order chi connectivity index (χ1) is 12.5. The zero-order valence-electron chi connectivity index (χ0n) is 14.0. The van der Waals surface area contributed by atoms with Crippen molar-refractivity contribution in [1.82, 2.24) is 10.2 Å². The van der Waals surface area contributed by atoms with Crippen molar-refractivity contribution in [3.63, 3.8) is 0 Å². The minimum atomic E-state index is -1.41. The number of fused-ring (bicyclic) bond motifs is 4. The Labute approximate surface area is 154 Å². The molecule has 1 aromatic heterocycles. The largest absolute Gasteiger partial charge is 0.420 e. The number of aromatic amines is 1. The van der Waals surface area contributed by atoms with Crippen LogP contribution in [-0.4, -0.2) is 16.1 Å². The molecule has 0 saturated carbocycles. The molecule has 1 amide bonds. The smallest absolute Gasteiger partial charge is 0.245 e. The summed E-state index contributed by atoms with van der Waals surface area (Å²) in [5.41, 5.74) is 7.09. The van der Waals surface area contributed by atoms with Crippen molar-refractivity contribution in [3.8, 4) is 11.9 Å². The number of rotatable bonds is 3. The average Bonchev–Trinajstić information content (AvgIpc) is 3.13. The van der Waals surface area contributed by atoms with Gasteiger partial charge >= 0.3 is 0 Å². The summed E-state index contributed by atoms with van der Waals surface area (Å²) in [5, 5.41) is 20.3. The maximum atomic E-state index is 13.2. The first kappa shape index (κ1) is 16.5. The SMILES string of the molecule is CCCCc1[nH]nc2c1[C@]1(C(=O)Nc3ccc(Cl)cc31)C(C#N)=C(N)O2. The van der Waals surface area contributed by atoms with E-state index in [0.29, 0.717) is 28.3 Å². The third kappa shape index (κ3) is 1.99. The van der Waals surface area contributed by atoms with Crippen LogP contribution in [0.3, 0.4) is 0 Å². The molecule has 4 rings (SSSR count). The van der Waals surface area contributed by atoms with Crippen LogP contribution in [0.4, 0.5) is 5.69 Å². The van der Waals surface area contributed by atoms with Gasteiger partial charge in [0.15, 0.2) is 0 Å². The maximum absolute atomic E-state index is 13.2. The van der Waals surface area contributed by atoms with Crippen LogP contribution in [0.25, 0.3) is 0 Å². The molecule has 0 saturated heterocycles. The van der Waals surface area contributed by atoms with Crippen LogP contribution in [0.2, 0.25) is 5.02 Å². The summed E-state index contributed by atoms with van der Waals surface area (Å²) < 4.78 is 5.56. The number of ether oxygens (including phenoxy) is 1. The topological polar surface area (TPSA) is 117 Å². The number of aryl methyl sites for hydroxylation is 1. The number of nitrogens with one attached hydrogen (secondary N) is 2. The number of hydrogen-bond donors (Lipinski definition) is 3. The summed E-state index contributed by atoms with van der Waals surface area (Å²) in [6.45, 7) is 2.07. The number of benzene rings is 1. The molecule has 7 nitrogen and oxygen atoms in total. The summed E-state index contributed by atoms with van der Waals surface area (Å²) in [4.78, 5) is 13.2. The second-order valence-electron chi connectivity index (χ2n) is 6.33. The lowest BCUT2D eigenvalue weighted by Crippen LogP contribution is -2.42. The van der Waals surface area contributed by atoms with Crippen LogP contribution in [0.1, 0.15) is 36.6 Å². The maximum Gasteiger partial charge on any atom is 0.245 e. The van der Waals surface area contributed by atoms with E-state index in [2.05, 4.69) is 28.5 Å². The van der Waals surface area contributed by atoms with Gasteiger partial charge in [-0.25, -0.2) is 0 Å². The number of nitrogens with two attached hydrogens (primary N) is 1. The molecule has 1 atom stereocenters. The quantitative estimate of drug-likeness (QED) is 0.769. The highest BCUT2D eigenvalue weighted by Crippen LogP contribution is 2.54. The Morgan fingerprint density at radius 2 is 2.27 bits per heavy atom. The van der Waals surface area contributed by atoms with Gasteiger partial charge in [-0.05, 0) is 31.0 Å². The van der Waals surface area contributed by atoms with Crippen LogP contribution in [0, 0.1) is 11.3 Å². The molecule has 4 N–H and O–H groups in total. The highest BCUT2D eigenvalue weighted by molar-refractivity contribution is 6.31. The summed E-state index contributed by atoms with van der Waals surface area (Å²) in [6.07, 6.45) is 2.54. The van der Waals surface area contributed by atoms with Crippen molar-refractivity contribution in [2.75, 3.05) is 5.32 Å². The van der Waals surface area contributed by atoms with Gasteiger partial charge in [-0.2, -0.15) is 5.26 Å². The molecule has 2 aliphatic heterocycles. The Morgan fingerprint density at radius 3 is 3.00 bits per heavy atom. The first-order valence-electron chi connectivity index (χ1n) is 8.31. The fourth-order valence-corrected chi connectivity index (χ4v) is 3.90. The van der Waals surface area contributed by atoms with Crippen molar-refractivity contribution in [3.05, 3.63) is 51.5 Å². The average molecular weight is 370 g/mol. The van der Waals surface area contributed by atoms with Crippen molar-refractivity contribution in [2.24, 2.45) is 5.73 Å². The predicted octanol–water partition coefficient (Wildman–Crippen LogP) is 2.73. The standard InChI is InChI=1S/C18H16ClN5O2/c1-2-3-4-13-14-16(24-23-13)26-15(21)11(8-20)18(14)10-7-9(19)5-6-12(10)22-17(18)25/h5-7H,2-4,21H2,1H3,(H,22,25)(H,23,24)/t18-/m1/s1. The highest BCUT2D eigenvalue weighted by atomic mass is 35.5. The van der Waals surface area contributed by atoms with Gasteiger partial charge in [-0.1, -0.05) is 24.9 Å². The lowest BCUT2D eigenvalue weighted by molar-refractivity contribution is -0.118. The second-order valence-corrected chi connectivity index (χ2v) is 6.77. The Bertz CT molecular complexity index is 1000. The third-order valence-corrected chi connectivity index (χ3v) is 5.11. The Kier molecular flexibility index (Phi) is 3.67. The number of nitriles is 1. The first-order valence-corrected chi connectivity index (χ1v) is 8.69. The molecule has 3 heterocycles. The number of unbranched alkanes of at least 4 members (excludes halogenated alkanes) is 1. The molecular formula is C18H16ClN5O2. The van der Waals surface area contributed by atoms with Gasteiger partial charge in [-0.3, -0.25) is 9.89 Å². The zero-order chi connectivity index (χ0) is 18.5. The van der Waals surface area contributed by atoms with Crippen LogP contribution in [0.5, 0.6) is 5.88 Å². The van der Waals surface area contributed by atoms with Crippen molar-refractivity contribution in [2.45, 2.75) is 31.6 Å². The molecule has 1 aromatic carbocycles. The number of halogens is 1. The van der Waals surface area contributed by atoms with E-state index in [9.17, 15) is 10.1 Å². The van der Waals surface area contributed by atoms with E-state index in [4.69, 9.17) is 22.1 Å². The zero-order valence-corrected chi connectivity index (χ0v) is 14.8. The predicted molar refractivity (Wildman–Crippen MR) is 95.5 cm³/mol. The minimum Gasteiger partial charge on any atom is -0.420 e. The molecule has 2 aliphatic rings. The van der Waals surface area contributed by atoms with E-state index in [0.717, 1.165) is 18.5 Å². The molecule has 132 valence electrons. The van der Waals surface area contributed by atoms with Gasteiger partial charge < -0.3 is 15.8 Å². The van der Waals surface area contributed by atoms with Crippen LogP contribution < -0.4 is 15.8 Å². The van der Waals surface area contributed by atoms with Gasteiger partial charge in [0, 0.05) is 22.0 Å². The van der Waals surface area contributed by atoms with E-state index in [1.807, 2.05) is 0 Å². The summed E-state index contributed by atoms with van der Waals surface area (Å²) in [6, 6.07) is 7.17. The molecule has 0 radical (unpaired) electrons. The Morgan fingerprint density at radius 1 is 1.46 bits per heavy atom. The van der Waals surface area contributed by atoms with Crippen molar-refractivity contribution < 1.29 is 9.53 Å². The van der Waals surface area contributed by atoms with Crippen LogP contribution >= 0.6 is 11.6 Å². The molecule has 0 fully saturated rings. The fraction of sp³-hybridized carbons (Fsp3) is 0.278. The van der Waals surface area contributed by atoms with Gasteiger partial charge in [-0.15, -0.1) is 5.10 Å². The van der Waals surface area contributed by atoms with E-state index < -0.39 is 5.41 Å². The van der Waals surface area contributed by atoms with Gasteiger partial charge in [0.05, 0.1) is 5.56 Å². The molecule has 0 aliphatic carbocycles. The summed E-state index contributed by atoms with van der Waals surface area (Å²) >= 11 is 6.20. The van der Waals surface area contributed by atoms with E-state index in [-0.39, 0.29) is 23.2 Å². The number of anilines is 1. The van der Waals surface area contributed by atoms with Gasteiger partial charge in [0.25, 0.3) is 0 Å². The van der Waals surface area contributed by atoms with Gasteiger partial charge in [0.1, 0.15) is 17.1 Å². The molecule has 2 aromatic rings. The molecule has 8 heteroatoms. The molecular weight excluding hydrogens is 354 g/mol. The highest BCUT2D eigenvalue weighted by Gasteiger charge is 2.58. The number of carbonyl (C=O) groups is 1. The Balaban J connectivity index is 2.07. The number of aromatic nitrogens is 2. The molecule has 1 spiro atoms. The number of hydrogen-bond acceptors (Lipinski definition) is 5. The van der Waals surface area contributed by atoms with Crippen molar-refractivity contribution >= 4 is 23.2 Å². The molecule has 0 unspecified atom stereocenters. The fourth-order valence-electron chi connectivity index (χ4n) is 3.73. The number of carbonyl (C=O) groups excluding carboxylic acids is 1. The number of H-pyrrole nitrogens is 1. The summed E-state index contributed by atoms with van der Waals surface area (Å²) in [5.74, 6) is -0.273. The number of nitrogens with zero attached hydrogens (tertiary/aromatic N) is 2. The van der Waals surface area contributed by atoms with E-state index >= 15 is 0 Å². The van der Waals surface area contributed by atoms with Crippen molar-refractivity contribution in [1.29, 1.82) is 5.26 Å². The Hall–Kier alpha value is -2.98. The summed E-state index contributed by atoms with van der Waals surface area (Å²) in [7, 11) is 0. The second kappa shape index (κ2) is 5.78. The normalized spacial score (nSPS) is 20.4. The minimum absolute atomic E-state index is 0.0441. The molecule has 0 bridgehead atoms. The lowest BCUT2D eigenvalue weighted by Gasteiger charge is -2.32. The van der Waals surface area contributed by atoms with Gasteiger partial charge in [0.2, 0.25) is 17.7 Å². The van der Waals surface area contributed by atoms with Crippen LogP contribution in [-0.2, 0) is 16.6 Å². The monoisotopic (exact) mass is 369 g/mol. The third-order valence-electron chi connectivity index (χ3n) is 4.88. The van der Waals surface area contributed by atoms with E-state index in [1.165, 1.54) is 0 Å². The van der Waals surface area contributed by atoms with E-state index in [1.54, 1.807) is 18.2 Å². The lowest BCUT2D eigenvalue weighted by atomic mass is 9.68. The number of amides is 1. The molecule has 26 heavy (non-hydrogen) atoms. The van der Waals surface area contributed by atoms with Crippen LogP contribution in [0.15, 0.2) is 29.7 Å².